The van der Waals surface area contributed by atoms with E-state index in [1.54, 1.807) is 0 Å². The minimum absolute atomic E-state index is 0.257. The van der Waals surface area contributed by atoms with E-state index in [0.717, 1.165) is 0 Å². The van der Waals surface area contributed by atoms with Crippen molar-refractivity contribution >= 4 is 0 Å². The largest absolute Gasteiger partial charge is 0.425 e. The maximum atomic E-state index is 12.0. The summed E-state index contributed by atoms with van der Waals surface area (Å²) in [5, 5.41) is 10.1. The van der Waals surface area contributed by atoms with Crippen LogP contribution in [0.2, 0.25) is 0 Å². The Morgan fingerprint density at radius 1 is 1.25 bits per heavy atom. The van der Waals surface area contributed by atoms with Gasteiger partial charge in [0, 0.05) is 19.0 Å². The first-order chi connectivity index (χ1) is 7.53. The Morgan fingerprint density at radius 3 is 2.56 bits per heavy atom. The molecule has 16 heavy (non-hydrogen) atoms. The van der Waals surface area contributed by atoms with Crippen LogP contribution >= 0.6 is 0 Å². The van der Waals surface area contributed by atoms with Crippen molar-refractivity contribution in [2.24, 2.45) is 0 Å². The van der Waals surface area contributed by atoms with E-state index in [2.05, 4.69) is 15.5 Å². The molecule has 1 aromatic rings. The van der Waals surface area contributed by atoms with Crippen LogP contribution < -0.4 is 5.32 Å². The van der Waals surface area contributed by atoms with Crippen molar-refractivity contribution < 1.29 is 17.6 Å². The zero-order valence-corrected chi connectivity index (χ0v) is 8.55. The number of halogens is 3. The average molecular weight is 235 g/mol. The van der Waals surface area contributed by atoms with Crippen molar-refractivity contribution in [2.45, 2.75) is 37.9 Å². The molecule has 0 atom stereocenters. The van der Waals surface area contributed by atoms with E-state index in [-0.39, 0.29) is 11.8 Å². The highest BCUT2D eigenvalue weighted by atomic mass is 19.4. The lowest BCUT2D eigenvalue weighted by Gasteiger charge is -2.00. The second-order valence-electron chi connectivity index (χ2n) is 3.86. The lowest BCUT2D eigenvalue weighted by Crippen LogP contribution is -2.19. The lowest BCUT2D eigenvalue weighted by molar-refractivity contribution is -0.130. The monoisotopic (exact) mass is 235 g/mol. The Labute approximate surface area is 90.2 Å². The zero-order chi connectivity index (χ0) is 11.6. The molecule has 0 saturated heterocycles. The summed E-state index contributed by atoms with van der Waals surface area (Å²) >= 11 is 0. The van der Waals surface area contributed by atoms with Gasteiger partial charge in [-0.05, 0) is 12.8 Å². The normalized spacial score (nSPS) is 16.7. The minimum atomic E-state index is -4.30. The molecule has 1 aliphatic carbocycles. The van der Waals surface area contributed by atoms with Crippen LogP contribution in [0.5, 0.6) is 0 Å². The van der Waals surface area contributed by atoms with Gasteiger partial charge in [-0.1, -0.05) is 0 Å². The van der Waals surface area contributed by atoms with Crippen LogP contribution in [0.3, 0.4) is 0 Å². The molecular formula is C9H12F3N3O. The van der Waals surface area contributed by atoms with Crippen LogP contribution in [-0.4, -0.2) is 29.0 Å². The smallest absolute Gasteiger partial charge is 0.397 e. The molecule has 0 aromatic carbocycles. The van der Waals surface area contributed by atoms with Gasteiger partial charge in [0.15, 0.2) is 0 Å². The van der Waals surface area contributed by atoms with E-state index in [0.29, 0.717) is 19.0 Å². The molecule has 0 unspecified atom stereocenters. The number of nitrogens with zero attached hydrogens (tertiary/aromatic N) is 2. The fourth-order valence-electron chi connectivity index (χ4n) is 1.30. The first-order valence-corrected chi connectivity index (χ1v) is 5.14. The van der Waals surface area contributed by atoms with Gasteiger partial charge in [0.25, 0.3) is 0 Å². The molecule has 4 nitrogen and oxygen atoms in total. The fourth-order valence-corrected chi connectivity index (χ4v) is 1.30. The molecule has 0 bridgehead atoms. The highest BCUT2D eigenvalue weighted by Gasteiger charge is 2.31. The molecule has 1 saturated carbocycles. The predicted octanol–water partition coefficient (Wildman–Crippen LogP) is 1.47. The molecule has 7 heteroatoms. The van der Waals surface area contributed by atoms with Gasteiger partial charge in [0.05, 0.1) is 0 Å². The van der Waals surface area contributed by atoms with E-state index in [1.165, 1.54) is 12.8 Å². The Morgan fingerprint density at radius 2 is 1.94 bits per heavy atom. The summed E-state index contributed by atoms with van der Waals surface area (Å²) in [6, 6.07) is 0.567. The number of alkyl halides is 3. The summed E-state index contributed by atoms with van der Waals surface area (Å²) in [5.74, 6) is -0.110. The van der Waals surface area contributed by atoms with Crippen molar-refractivity contribution in [3.05, 3.63) is 11.8 Å². The molecular weight excluding hydrogens is 223 g/mol. The number of aromatic nitrogens is 2. The number of rotatable bonds is 5. The highest BCUT2D eigenvalue weighted by molar-refractivity contribution is 4.87. The van der Waals surface area contributed by atoms with E-state index >= 15 is 0 Å². The van der Waals surface area contributed by atoms with E-state index in [1.807, 2.05) is 0 Å². The van der Waals surface area contributed by atoms with Crippen LogP contribution in [0.1, 0.15) is 24.6 Å². The van der Waals surface area contributed by atoms with Crippen LogP contribution in [0.15, 0.2) is 4.42 Å². The summed E-state index contributed by atoms with van der Waals surface area (Å²) in [6.07, 6.45) is -2.64. The summed E-state index contributed by atoms with van der Waals surface area (Å²) in [5.41, 5.74) is 0. The fraction of sp³-hybridized carbons (Fsp3) is 0.778. The quantitative estimate of drug-likeness (QED) is 0.839. The van der Waals surface area contributed by atoms with Gasteiger partial charge in [-0.2, -0.15) is 13.2 Å². The maximum Gasteiger partial charge on any atom is 0.397 e. The van der Waals surface area contributed by atoms with Crippen LogP contribution in [0.25, 0.3) is 0 Å². The van der Waals surface area contributed by atoms with Gasteiger partial charge in [-0.25, -0.2) is 0 Å². The first kappa shape index (κ1) is 11.4. The lowest BCUT2D eigenvalue weighted by atomic mass is 10.4. The number of nitrogens with one attached hydrogen (secondary N) is 1. The minimum Gasteiger partial charge on any atom is -0.425 e. The van der Waals surface area contributed by atoms with Gasteiger partial charge in [-0.3, -0.25) is 0 Å². The molecule has 0 radical (unpaired) electrons. The molecule has 1 N–H and O–H groups in total. The molecule has 0 aliphatic heterocycles. The second kappa shape index (κ2) is 4.40. The molecule has 1 aromatic heterocycles. The van der Waals surface area contributed by atoms with Crippen molar-refractivity contribution in [3.8, 4) is 0 Å². The summed E-state index contributed by atoms with van der Waals surface area (Å²) in [7, 11) is 0. The molecule has 1 heterocycles. The van der Waals surface area contributed by atoms with Crippen molar-refractivity contribution in [1.29, 1.82) is 0 Å². The topological polar surface area (TPSA) is 51.0 Å². The Hall–Kier alpha value is -1.11. The van der Waals surface area contributed by atoms with E-state index in [4.69, 9.17) is 4.42 Å². The van der Waals surface area contributed by atoms with Gasteiger partial charge < -0.3 is 9.73 Å². The summed E-state index contributed by atoms with van der Waals surface area (Å²) < 4.78 is 40.8. The molecule has 2 rings (SSSR count). The third kappa shape index (κ3) is 3.80. The van der Waals surface area contributed by atoms with Crippen molar-refractivity contribution in [1.82, 2.24) is 15.5 Å². The predicted molar refractivity (Wildman–Crippen MR) is 48.8 cm³/mol. The second-order valence-corrected chi connectivity index (χ2v) is 3.86. The third-order valence-corrected chi connectivity index (χ3v) is 2.21. The summed E-state index contributed by atoms with van der Waals surface area (Å²) in [4.78, 5) is 0. The zero-order valence-electron chi connectivity index (χ0n) is 8.55. The van der Waals surface area contributed by atoms with Gasteiger partial charge in [0.1, 0.15) is 6.42 Å². The molecule has 1 aliphatic rings. The highest BCUT2D eigenvalue weighted by Crippen LogP contribution is 2.20. The number of hydrogen-bond donors (Lipinski definition) is 1. The van der Waals surface area contributed by atoms with Gasteiger partial charge in [-0.15, -0.1) is 10.2 Å². The van der Waals surface area contributed by atoms with Crippen LogP contribution in [0, 0.1) is 0 Å². The molecule has 90 valence electrons. The van der Waals surface area contributed by atoms with Gasteiger partial charge >= 0.3 is 6.18 Å². The third-order valence-electron chi connectivity index (χ3n) is 2.21. The molecule has 1 fully saturated rings. The maximum absolute atomic E-state index is 12.0. The van der Waals surface area contributed by atoms with E-state index < -0.39 is 12.6 Å². The summed E-state index contributed by atoms with van der Waals surface area (Å²) in [6.45, 7) is 0.665. The van der Waals surface area contributed by atoms with Crippen LogP contribution in [-0.2, 0) is 12.8 Å². The molecule has 0 amide bonds. The molecule has 0 spiro atoms. The van der Waals surface area contributed by atoms with Crippen molar-refractivity contribution in [3.63, 3.8) is 0 Å². The van der Waals surface area contributed by atoms with E-state index in [9.17, 15) is 13.2 Å². The Bertz CT molecular complexity index is 346. The van der Waals surface area contributed by atoms with Crippen LogP contribution in [0.4, 0.5) is 13.2 Å². The average Bonchev–Trinajstić information content (AvgIpc) is 2.86. The van der Waals surface area contributed by atoms with Gasteiger partial charge in [0.2, 0.25) is 11.8 Å². The van der Waals surface area contributed by atoms with Crippen molar-refractivity contribution in [2.75, 3.05) is 6.54 Å². The Kier molecular flexibility index (Phi) is 3.13. The number of hydrogen-bond acceptors (Lipinski definition) is 4. The standard InChI is InChI=1S/C9H12F3N3O/c10-9(11,12)5-8-15-14-7(16-8)3-4-13-6-1-2-6/h6,13H,1-5H2. The Balaban J connectivity index is 1.77. The first-order valence-electron chi connectivity index (χ1n) is 5.14. The SMILES string of the molecule is FC(F)(F)Cc1nnc(CCNC2CC2)o1.